The van der Waals surface area contributed by atoms with E-state index in [1.807, 2.05) is 0 Å². The Hall–Kier alpha value is -0.120. The molecule has 0 aromatic rings. The molecule has 0 atom stereocenters. The van der Waals surface area contributed by atoms with Crippen LogP contribution in [0.4, 0.5) is 0 Å². The number of nitrogens with zero attached hydrogens (tertiary/aromatic N) is 2. The van der Waals surface area contributed by atoms with Crippen molar-refractivity contribution in [3.63, 3.8) is 0 Å². The van der Waals surface area contributed by atoms with Gasteiger partial charge in [0.05, 0.1) is 0 Å². The molecule has 0 saturated carbocycles. The van der Waals surface area contributed by atoms with Crippen molar-refractivity contribution in [3.8, 4) is 0 Å². The lowest BCUT2D eigenvalue weighted by Gasteiger charge is -2.41. The summed E-state index contributed by atoms with van der Waals surface area (Å²) < 4.78 is 0. The number of piperidine rings is 1. The molecule has 0 aliphatic carbocycles. The maximum atomic E-state index is 3.33. The summed E-state index contributed by atoms with van der Waals surface area (Å²) in [5.74, 6) is 2.62. The highest BCUT2D eigenvalue weighted by molar-refractivity contribution is 4.84. The van der Waals surface area contributed by atoms with Crippen LogP contribution in [0.5, 0.6) is 0 Å². The van der Waals surface area contributed by atoms with Gasteiger partial charge in [-0.15, -0.1) is 0 Å². The molecule has 162 valence electrons. The van der Waals surface area contributed by atoms with E-state index in [-0.39, 0.29) is 0 Å². The van der Waals surface area contributed by atoms with Crippen LogP contribution in [0.2, 0.25) is 0 Å². The molecule has 0 aromatic heterocycles. The standard InChI is InChI=1S/C17H35N.C7H16N2/c1-14(2)7-10-18-11-8-16(9-12-18)17(5,6)13-15(3)4;1-7(2)9-5-3-8-4-6-9/h14-16H,7-13H2,1-6H3;7-8H,3-6H2,1-2H3. The lowest BCUT2D eigenvalue weighted by molar-refractivity contribution is 0.0820. The van der Waals surface area contributed by atoms with Crippen LogP contribution in [0.25, 0.3) is 0 Å². The minimum absolute atomic E-state index is 0.540. The van der Waals surface area contributed by atoms with Crippen LogP contribution in [0, 0.1) is 23.2 Å². The van der Waals surface area contributed by atoms with Gasteiger partial charge in [0, 0.05) is 32.2 Å². The second-order valence-corrected chi connectivity index (χ2v) is 10.8. The van der Waals surface area contributed by atoms with Crippen molar-refractivity contribution in [3.05, 3.63) is 0 Å². The predicted molar refractivity (Wildman–Crippen MR) is 121 cm³/mol. The van der Waals surface area contributed by atoms with Crippen molar-refractivity contribution >= 4 is 0 Å². The van der Waals surface area contributed by atoms with E-state index >= 15 is 0 Å². The summed E-state index contributed by atoms with van der Waals surface area (Å²) in [5, 5.41) is 3.33. The van der Waals surface area contributed by atoms with Gasteiger partial charge in [0.25, 0.3) is 0 Å². The number of rotatable bonds is 7. The maximum absolute atomic E-state index is 3.33. The predicted octanol–water partition coefficient (Wildman–Crippen LogP) is 5.12. The highest BCUT2D eigenvalue weighted by atomic mass is 15.2. The number of likely N-dealkylation sites (tertiary alicyclic amines) is 1. The minimum Gasteiger partial charge on any atom is -0.314 e. The summed E-state index contributed by atoms with van der Waals surface area (Å²) >= 11 is 0. The van der Waals surface area contributed by atoms with Gasteiger partial charge in [-0.1, -0.05) is 41.5 Å². The summed E-state index contributed by atoms with van der Waals surface area (Å²) in [5.41, 5.74) is 0.540. The SMILES string of the molecule is CC(C)CCN1CCC(C(C)(C)CC(C)C)CC1.CC(C)N1CCNCC1. The van der Waals surface area contributed by atoms with Gasteiger partial charge < -0.3 is 10.2 Å². The van der Waals surface area contributed by atoms with E-state index in [0.29, 0.717) is 5.41 Å². The van der Waals surface area contributed by atoms with Crippen molar-refractivity contribution in [2.75, 3.05) is 45.8 Å². The van der Waals surface area contributed by atoms with Gasteiger partial charge in [-0.2, -0.15) is 0 Å². The lowest BCUT2D eigenvalue weighted by Crippen LogP contribution is -2.46. The van der Waals surface area contributed by atoms with Crippen LogP contribution >= 0.6 is 0 Å². The van der Waals surface area contributed by atoms with Crippen LogP contribution < -0.4 is 5.32 Å². The second kappa shape index (κ2) is 12.4. The van der Waals surface area contributed by atoms with Crippen LogP contribution in [-0.4, -0.2) is 61.7 Å². The van der Waals surface area contributed by atoms with E-state index in [1.165, 1.54) is 58.4 Å². The normalized spacial score (nSPS) is 21.0. The van der Waals surface area contributed by atoms with E-state index in [0.717, 1.165) is 36.9 Å². The molecular formula is C24H51N3. The minimum atomic E-state index is 0.540. The van der Waals surface area contributed by atoms with E-state index in [4.69, 9.17) is 0 Å². The van der Waals surface area contributed by atoms with Crippen molar-refractivity contribution in [1.82, 2.24) is 15.1 Å². The molecule has 2 aliphatic rings. The first kappa shape index (κ1) is 24.9. The lowest BCUT2D eigenvalue weighted by atomic mass is 9.69. The molecule has 2 aliphatic heterocycles. The topological polar surface area (TPSA) is 18.5 Å². The average molecular weight is 382 g/mol. The molecule has 3 heteroatoms. The van der Waals surface area contributed by atoms with Gasteiger partial charge in [0.15, 0.2) is 0 Å². The molecule has 1 N–H and O–H groups in total. The molecule has 0 radical (unpaired) electrons. The average Bonchev–Trinajstić information content (AvgIpc) is 2.60. The van der Waals surface area contributed by atoms with Crippen LogP contribution in [0.15, 0.2) is 0 Å². The van der Waals surface area contributed by atoms with E-state index in [1.54, 1.807) is 0 Å². The van der Waals surface area contributed by atoms with Gasteiger partial charge >= 0.3 is 0 Å². The third-order valence-corrected chi connectivity index (χ3v) is 6.53. The Morgan fingerprint density at radius 1 is 0.852 bits per heavy atom. The molecular weight excluding hydrogens is 330 g/mol. The fourth-order valence-electron chi connectivity index (χ4n) is 4.80. The third kappa shape index (κ3) is 10.3. The fourth-order valence-corrected chi connectivity index (χ4v) is 4.80. The van der Waals surface area contributed by atoms with Crippen molar-refractivity contribution < 1.29 is 0 Å². The van der Waals surface area contributed by atoms with Crippen molar-refractivity contribution in [1.29, 1.82) is 0 Å². The van der Waals surface area contributed by atoms with Gasteiger partial charge in [-0.25, -0.2) is 0 Å². The second-order valence-electron chi connectivity index (χ2n) is 10.8. The first-order chi connectivity index (χ1) is 12.6. The first-order valence-electron chi connectivity index (χ1n) is 11.8. The summed E-state index contributed by atoms with van der Waals surface area (Å²) in [6, 6.07) is 0.729. The van der Waals surface area contributed by atoms with Crippen molar-refractivity contribution in [2.45, 2.75) is 87.1 Å². The number of hydrogen-bond donors (Lipinski definition) is 1. The molecule has 0 spiro atoms. The molecule has 2 rings (SSSR count). The molecule has 2 saturated heterocycles. The monoisotopic (exact) mass is 381 g/mol. The van der Waals surface area contributed by atoms with Gasteiger partial charge in [0.2, 0.25) is 0 Å². The summed E-state index contributed by atoms with van der Waals surface area (Å²) in [4.78, 5) is 5.18. The van der Waals surface area contributed by atoms with Crippen LogP contribution in [0.3, 0.4) is 0 Å². The molecule has 0 aromatic carbocycles. The van der Waals surface area contributed by atoms with Gasteiger partial charge in [-0.3, -0.25) is 4.90 Å². The van der Waals surface area contributed by atoms with Gasteiger partial charge in [-0.05, 0) is 82.3 Å². The molecule has 0 bridgehead atoms. The zero-order valence-corrected chi connectivity index (χ0v) is 20.0. The van der Waals surface area contributed by atoms with E-state index < -0.39 is 0 Å². The molecule has 27 heavy (non-hydrogen) atoms. The Morgan fingerprint density at radius 3 is 1.81 bits per heavy atom. The van der Waals surface area contributed by atoms with Gasteiger partial charge in [0.1, 0.15) is 0 Å². The molecule has 0 unspecified atom stereocenters. The quantitative estimate of drug-likeness (QED) is 0.660. The highest BCUT2D eigenvalue weighted by Crippen LogP contribution is 2.39. The smallest absolute Gasteiger partial charge is 0.0110 e. The Morgan fingerprint density at radius 2 is 1.41 bits per heavy atom. The Bertz CT molecular complexity index is 362. The molecule has 2 fully saturated rings. The summed E-state index contributed by atoms with van der Waals surface area (Å²) in [6.45, 7) is 27.6. The van der Waals surface area contributed by atoms with Crippen LogP contribution in [0.1, 0.15) is 81.1 Å². The highest BCUT2D eigenvalue weighted by Gasteiger charge is 2.32. The number of nitrogens with one attached hydrogen (secondary N) is 1. The summed E-state index contributed by atoms with van der Waals surface area (Å²) in [7, 11) is 0. The maximum Gasteiger partial charge on any atom is 0.0110 e. The first-order valence-corrected chi connectivity index (χ1v) is 11.8. The third-order valence-electron chi connectivity index (χ3n) is 6.53. The fraction of sp³-hybridized carbons (Fsp3) is 1.00. The Labute approximate surface area is 171 Å². The largest absolute Gasteiger partial charge is 0.314 e. The van der Waals surface area contributed by atoms with Crippen LogP contribution in [-0.2, 0) is 0 Å². The molecule has 3 nitrogen and oxygen atoms in total. The molecule has 0 amide bonds. The zero-order chi connectivity index (χ0) is 20.4. The molecule has 2 heterocycles. The zero-order valence-electron chi connectivity index (χ0n) is 20.0. The Kier molecular flexibility index (Phi) is 11.5. The summed E-state index contributed by atoms with van der Waals surface area (Å²) in [6.07, 6.45) is 5.57. The van der Waals surface area contributed by atoms with E-state index in [2.05, 4.69) is 70.5 Å². The van der Waals surface area contributed by atoms with E-state index in [9.17, 15) is 0 Å². The number of piperazine rings is 1. The van der Waals surface area contributed by atoms with Crippen molar-refractivity contribution in [2.24, 2.45) is 23.2 Å². The number of hydrogen-bond acceptors (Lipinski definition) is 3. The Balaban J connectivity index is 0.000000337.